The number of carboxylic acids is 1. The summed E-state index contributed by atoms with van der Waals surface area (Å²) in [6.45, 7) is 0.918. The molecule has 1 saturated heterocycles. The van der Waals surface area contributed by atoms with E-state index in [-0.39, 0.29) is 5.56 Å². The number of aliphatic hydroxyl groups is 2. The fourth-order valence-electron chi connectivity index (χ4n) is 1.93. The number of aliphatic hydroxyl groups excluding tert-OH is 2. The molecular formula is C11H15NO8P+. The molecule has 0 spiro atoms. The molecule has 0 amide bonds. The summed E-state index contributed by atoms with van der Waals surface area (Å²) in [7, 11) is -3.92. The number of aromatic carboxylic acids is 1. The van der Waals surface area contributed by atoms with E-state index < -0.39 is 38.3 Å². The second kappa shape index (κ2) is 5.80. The van der Waals surface area contributed by atoms with Gasteiger partial charge in [-0.15, -0.1) is 0 Å². The van der Waals surface area contributed by atoms with Gasteiger partial charge in [0.25, 0.3) is 6.23 Å². The zero-order chi connectivity index (χ0) is 15.8. The van der Waals surface area contributed by atoms with Gasteiger partial charge in [-0.25, -0.2) is 4.79 Å². The third kappa shape index (κ3) is 3.65. The first-order chi connectivity index (χ1) is 9.69. The van der Waals surface area contributed by atoms with Gasteiger partial charge in [-0.3, -0.25) is 13.8 Å². The van der Waals surface area contributed by atoms with Gasteiger partial charge in [0.1, 0.15) is 11.7 Å². The number of hydrogen-bond donors (Lipinski definition) is 4. The quantitative estimate of drug-likeness (QED) is 0.413. The van der Waals surface area contributed by atoms with Gasteiger partial charge in [-0.05, 0) is 6.07 Å². The van der Waals surface area contributed by atoms with E-state index in [0.29, 0.717) is 0 Å². The Morgan fingerprint density at radius 3 is 2.67 bits per heavy atom. The lowest BCUT2D eigenvalue weighted by molar-refractivity contribution is -0.767. The van der Waals surface area contributed by atoms with E-state index in [2.05, 4.69) is 4.52 Å². The smallest absolute Gasteiger partial charge is 0.341 e. The van der Waals surface area contributed by atoms with Crippen LogP contribution in [-0.2, 0) is 13.8 Å². The molecule has 116 valence electrons. The number of rotatable bonds is 4. The number of carbonyl (C=O) groups is 1. The molecule has 1 aliphatic rings. The molecule has 0 saturated carbocycles. The molecule has 5 atom stereocenters. The highest BCUT2D eigenvalue weighted by Crippen LogP contribution is 2.42. The van der Waals surface area contributed by atoms with Crippen LogP contribution in [0.25, 0.3) is 0 Å². The van der Waals surface area contributed by atoms with E-state index in [1.807, 2.05) is 0 Å². The van der Waals surface area contributed by atoms with Gasteiger partial charge in [0.15, 0.2) is 18.5 Å². The summed E-state index contributed by atoms with van der Waals surface area (Å²) in [5, 5.41) is 28.6. The standard InChI is InChI=1S/C11H14NO8P/c1-21(17,18)20-11-8(14)7(13)9(19-11)12-4-2-3-6(5-12)10(15)16/h2-5,7-9,11,13-14H,1H3,(H-,15,16,17,18)/p+1/t7-,8+,9+,11+/m0/s1. The van der Waals surface area contributed by atoms with Gasteiger partial charge in [0.05, 0.1) is 0 Å². The Hall–Kier alpha value is -1.35. The van der Waals surface area contributed by atoms with Gasteiger partial charge in [0, 0.05) is 12.7 Å². The van der Waals surface area contributed by atoms with Crippen molar-refractivity contribution in [1.29, 1.82) is 0 Å². The molecule has 1 aromatic heterocycles. The SMILES string of the molecule is CP(=O)(O)O[C@H]1O[C@@H]([n+]2cccc(C(=O)O)c2)[C@@H](O)[C@H]1O. The summed E-state index contributed by atoms with van der Waals surface area (Å²) >= 11 is 0. The highest BCUT2D eigenvalue weighted by atomic mass is 31.2. The zero-order valence-electron chi connectivity index (χ0n) is 10.9. The van der Waals surface area contributed by atoms with E-state index >= 15 is 0 Å². The van der Waals surface area contributed by atoms with Crippen LogP contribution in [0, 0.1) is 0 Å². The van der Waals surface area contributed by atoms with Gasteiger partial charge in [0.2, 0.25) is 6.29 Å². The molecular weight excluding hydrogens is 305 g/mol. The number of nitrogens with zero attached hydrogens (tertiary/aromatic N) is 1. The summed E-state index contributed by atoms with van der Waals surface area (Å²) in [6.07, 6.45) is -3.00. The molecule has 0 aromatic carbocycles. The van der Waals surface area contributed by atoms with Crippen molar-refractivity contribution in [1.82, 2.24) is 0 Å². The minimum atomic E-state index is -3.92. The van der Waals surface area contributed by atoms with Crippen molar-refractivity contribution in [2.75, 3.05) is 6.66 Å². The Kier molecular flexibility index (Phi) is 4.43. The second-order valence-electron chi connectivity index (χ2n) is 4.63. The number of aromatic nitrogens is 1. The first-order valence-electron chi connectivity index (χ1n) is 5.93. The molecule has 1 aliphatic heterocycles. The van der Waals surface area contributed by atoms with Crippen LogP contribution in [0.2, 0.25) is 0 Å². The molecule has 1 aromatic rings. The third-order valence-corrected chi connectivity index (χ3v) is 3.46. The van der Waals surface area contributed by atoms with Gasteiger partial charge in [-0.1, -0.05) is 0 Å². The molecule has 0 bridgehead atoms. The predicted octanol–water partition coefficient (Wildman–Crippen LogP) is -0.919. The Bertz CT molecular complexity index is 587. The number of pyridine rings is 1. The lowest BCUT2D eigenvalue weighted by atomic mass is 10.2. The molecule has 4 N–H and O–H groups in total. The van der Waals surface area contributed by atoms with Crippen LogP contribution in [0.3, 0.4) is 0 Å². The second-order valence-corrected chi connectivity index (χ2v) is 6.45. The van der Waals surface area contributed by atoms with Crippen LogP contribution in [0.1, 0.15) is 16.6 Å². The maximum Gasteiger partial charge on any atom is 0.341 e. The van der Waals surface area contributed by atoms with Crippen molar-refractivity contribution in [3.8, 4) is 0 Å². The highest BCUT2D eigenvalue weighted by molar-refractivity contribution is 7.51. The molecule has 0 aliphatic carbocycles. The first-order valence-corrected chi connectivity index (χ1v) is 7.96. The zero-order valence-corrected chi connectivity index (χ0v) is 11.8. The van der Waals surface area contributed by atoms with E-state index in [1.54, 1.807) is 0 Å². The number of carboxylic acid groups (broad SMARTS) is 1. The highest BCUT2D eigenvalue weighted by Gasteiger charge is 2.50. The molecule has 21 heavy (non-hydrogen) atoms. The third-order valence-electron chi connectivity index (χ3n) is 2.86. The summed E-state index contributed by atoms with van der Waals surface area (Å²) in [5.74, 6) is -1.17. The van der Waals surface area contributed by atoms with Crippen LogP contribution in [-0.4, -0.2) is 51.3 Å². The molecule has 1 fully saturated rings. The molecule has 2 heterocycles. The average Bonchev–Trinajstić information content (AvgIpc) is 2.65. The summed E-state index contributed by atoms with van der Waals surface area (Å²) in [5.41, 5.74) is -0.0459. The molecule has 0 radical (unpaired) electrons. The largest absolute Gasteiger partial charge is 0.477 e. The summed E-state index contributed by atoms with van der Waals surface area (Å²) < 4.78 is 22.3. The summed E-state index contributed by atoms with van der Waals surface area (Å²) in [4.78, 5) is 20.0. The predicted molar refractivity (Wildman–Crippen MR) is 66.4 cm³/mol. The van der Waals surface area contributed by atoms with Gasteiger partial charge < -0.3 is 20.2 Å². The van der Waals surface area contributed by atoms with Crippen molar-refractivity contribution in [2.24, 2.45) is 0 Å². The fraction of sp³-hybridized carbons (Fsp3) is 0.455. The Morgan fingerprint density at radius 2 is 2.10 bits per heavy atom. The normalized spacial score (nSPS) is 31.8. The summed E-state index contributed by atoms with van der Waals surface area (Å²) in [6, 6.07) is 2.77. The van der Waals surface area contributed by atoms with Crippen LogP contribution >= 0.6 is 7.60 Å². The Labute approximate surface area is 119 Å². The minimum absolute atomic E-state index is 0.0459. The maximum atomic E-state index is 11.2. The van der Waals surface area contributed by atoms with Crippen LogP contribution in [0.5, 0.6) is 0 Å². The Balaban J connectivity index is 2.23. The van der Waals surface area contributed by atoms with Gasteiger partial charge >= 0.3 is 13.6 Å². The minimum Gasteiger partial charge on any atom is -0.477 e. The Morgan fingerprint density at radius 1 is 1.43 bits per heavy atom. The maximum absolute atomic E-state index is 11.2. The molecule has 10 heteroatoms. The van der Waals surface area contributed by atoms with E-state index in [9.17, 15) is 19.6 Å². The van der Waals surface area contributed by atoms with Crippen LogP contribution < -0.4 is 4.57 Å². The lowest BCUT2D eigenvalue weighted by Gasteiger charge is -2.15. The van der Waals surface area contributed by atoms with Crippen molar-refractivity contribution in [3.05, 3.63) is 30.1 Å². The molecule has 9 nitrogen and oxygen atoms in total. The average molecular weight is 320 g/mol. The topological polar surface area (TPSA) is 137 Å². The fourth-order valence-corrected chi connectivity index (χ4v) is 2.49. The monoisotopic (exact) mass is 320 g/mol. The van der Waals surface area contributed by atoms with Crippen LogP contribution in [0.15, 0.2) is 24.5 Å². The van der Waals surface area contributed by atoms with Crippen LogP contribution in [0.4, 0.5) is 0 Å². The van der Waals surface area contributed by atoms with Crippen molar-refractivity contribution in [3.63, 3.8) is 0 Å². The van der Waals surface area contributed by atoms with E-state index in [1.165, 1.54) is 29.1 Å². The van der Waals surface area contributed by atoms with Crippen molar-refractivity contribution < 1.29 is 43.4 Å². The van der Waals surface area contributed by atoms with Gasteiger partial charge in [-0.2, -0.15) is 4.57 Å². The van der Waals surface area contributed by atoms with E-state index in [4.69, 9.17) is 14.7 Å². The van der Waals surface area contributed by atoms with Crippen molar-refractivity contribution in [2.45, 2.75) is 24.7 Å². The van der Waals surface area contributed by atoms with E-state index in [0.717, 1.165) is 6.66 Å². The lowest BCUT2D eigenvalue weighted by Crippen LogP contribution is -2.46. The first kappa shape index (κ1) is 16.0. The number of ether oxygens (including phenoxy) is 1. The number of hydrogen-bond acceptors (Lipinski definition) is 6. The molecule has 2 rings (SSSR count). The molecule has 1 unspecified atom stereocenters. The van der Waals surface area contributed by atoms with Crippen molar-refractivity contribution >= 4 is 13.6 Å².